The van der Waals surface area contributed by atoms with Crippen LogP contribution in [0.15, 0.2) is 12.1 Å². The Morgan fingerprint density at radius 3 is 2.78 bits per heavy atom. The molecular weight excluding hydrogens is 267 g/mol. The first kappa shape index (κ1) is 12.3. The Balaban J connectivity index is 2.15. The van der Waals surface area contributed by atoms with Crippen molar-refractivity contribution in [3.05, 3.63) is 33.8 Å². The van der Waals surface area contributed by atoms with Crippen molar-refractivity contribution in [2.24, 2.45) is 0 Å². The normalized spacial score (nSPS) is 26.9. The van der Waals surface area contributed by atoms with Gasteiger partial charge in [0.05, 0.1) is 18.3 Å². The molecule has 1 saturated heterocycles. The van der Waals surface area contributed by atoms with Crippen LogP contribution in [-0.4, -0.2) is 19.2 Å². The van der Waals surface area contributed by atoms with Gasteiger partial charge in [-0.25, -0.2) is 0 Å². The zero-order valence-corrected chi connectivity index (χ0v) is 10.1. The van der Waals surface area contributed by atoms with Crippen LogP contribution in [0.3, 0.4) is 0 Å². The molecule has 0 radical (unpaired) electrons. The van der Waals surface area contributed by atoms with E-state index in [9.17, 15) is 13.2 Å². The molecule has 2 aliphatic rings. The molecule has 2 aliphatic heterocycles. The molecule has 0 aromatic heterocycles. The van der Waals surface area contributed by atoms with Gasteiger partial charge in [0.25, 0.3) is 0 Å². The molecule has 1 N–H and O–H groups in total. The van der Waals surface area contributed by atoms with E-state index in [4.69, 9.17) is 16.3 Å². The van der Waals surface area contributed by atoms with Gasteiger partial charge in [-0.05, 0) is 23.3 Å². The number of ether oxygens (including phenoxy) is 1. The predicted molar refractivity (Wildman–Crippen MR) is 60.6 cm³/mol. The third-order valence-electron chi connectivity index (χ3n) is 3.55. The lowest BCUT2D eigenvalue weighted by Crippen LogP contribution is -2.28. The molecule has 6 heteroatoms. The fourth-order valence-corrected chi connectivity index (χ4v) is 2.96. The van der Waals surface area contributed by atoms with Gasteiger partial charge in [0, 0.05) is 24.0 Å². The van der Waals surface area contributed by atoms with Crippen molar-refractivity contribution in [3.8, 4) is 0 Å². The third kappa shape index (κ3) is 1.90. The molecule has 2 heterocycles. The Labute approximate surface area is 107 Å². The standard InChI is InChI=1S/C12H11ClF3NO/c13-6-1-7-8-3-17-4-11(8)18-5-9(7)10(2-6)12(14,15)16/h1-2,8,11,17H,3-5H2/t8-,11-/m0/s1. The molecule has 0 amide bonds. The summed E-state index contributed by atoms with van der Waals surface area (Å²) in [7, 11) is 0. The van der Waals surface area contributed by atoms with Gasteiger partial charge < -0.3 is 10.1 Å². The second-order valence-electron chi connectivity index (χ2n) is 4.63. The van der Waals surface area contributed by atoms with E-state index in [2.05, 4.69) is 5.32 Å². The summed E-state index contributed by atoms with van der Waals surface area (Å²) < 4.78 is 44.4. The maximum atomic E-state index is 13.0. The van der Waals surface area contributed by atoms with Gasteiger partial charge >= 0.3 is 6.18 Å². The van der Waals surface area contributed by atoms with Gasteiger partial charge in [0.2, 0.25) is 0 Å². The lowest BCUT2D eigenvalue weighted by Gasteiger charge is -2.30. The lowest BCUT2D eigenvalue weighted by atomic mass is 9.87. The van der Waals surface area contributed by atoms with Crippen molar-refractivity contribution >= 4 is 11.6 Å². The molecule has 1 fully saturated rings. The summed E-state index contributed by atoms with van der Waals surface area (Å²) in [6.45, 7) is 1.32. The molecule has 1 aromatic rings. The molecule has 0 aliphatic carbocycles. The second kappa shape index (κ2) is 4.11. The highest BCUT2D eigenvalue weighted by molar-refractivity contribution is 6.30. The van der Waals surface area contributed by atoms with E-state index in [1.165, 1.54) is 0 Å². The smallest absolute Gasteiger partial charge is 0.372 e. The summed E-state index contributed by atoms with van der Waals surface area (Å²) in [5.74, 6) is -0.0338. The SMILES string of the molecule is FC(F)(F)c1cc(Cl)cc2c1CO[C@H]1CNC[C@@H]21. The van der Waals surface area contributed by atoms with Crippen LogP contribution in [-0.2, 0) is 17.5 Å². The van der Waals surface area contributed by atoms with E-state index >= 15 is 0 Å². The van der Waals surface area contributed by atoms with Crippen molar-refractivity contribution in [3.63, 3.8) is 0 Å². The fraction of sp³-hybridized carbons (Fsp3) is 0.500. The van der Waals surface area contributed by atoms with Crippen LogP contribution in [0.2, 0.25) is 5.02 Å². The van der Waals surface area contributed by atoms with E-state index in [1.54, 1.807) is 6.07 Å². The van der Waals surface area contributed by atoms with Crippen LogP contribution in [0.1, 0.15) is 22.6 Å². The molecule has 2 atom stereocenters. The van der Waals surface area contributed by atoms with E-state index in [0.29, 0.717) is 18.7 Å². The maximum Gasteiger partial charge on any atom is 0.416 e. The van der Waals surface area contributed by atoms with E-state index in [-0.39, 0.29) is 29.2 Å². The highest BCUT2D eigenvalue weighted by atomic mass is 35.5. The number of fused-ring (bicyclic) bond motifs is 3. The van der Waals surface area contributed by atoms with Crippen LogP contribution >= 0.6 is 11.6 Å². The average Bonchev–Trinajstić information content (AvgIpc) is 2.74. The van der Waals surface area contributed by atoms with E-state index in [1.807, 2.05) is 0 Å². The summed E-state index contributed by atoms with van der Waals surface area (Å²) in [6, 6.07) is 2.62. The molecule has 0 bridgehead atoms. The fourth-order valence-electron chi connectivity index (χ4n) is 2.73. The van der Waals surface area contributed by atoms with Crippen LogP contribution in [0.4, 0.5) is 13.2 Å². The van der Waals surface area contributed by atoms with Gasteiger partial charge in [-0.2, -0.15) is 13.2 Å². The maximum absolute atomic E-state index is 13.0. The molecule has 0 unspecified atom stereocenters. The number of alkyl halides is 3. The quantitative estimate of drug-likeness (QED) is 0.787. The van der Waals surface area contributed by atoms with Crippen LogP contribution in [0.25, 0.3) is 0 Å². The topological polar surface area (TPSA) is 21.3 Å². The molecule has 0 spiro atoms. The van der Waals surface area contributed by atoms with Crippen LogP contribution in [0.5, 0.6) is 0 Å². The zero-order chi connectivity index (χ0) is 12.9. The first-order valence-electron chi connectivity index (χ1n) is 5.68. The summed E-state index contributed by atoms with van der Waals surface area (Å²) in [5, 5.41) is 3.27. The molecule has 2 nitrogen and oxygen atoms in total. The third-order valence-corrected chi connectivity index (χ3v) is 3.77. The molecule has 0 saturated carbocycles. The van der Waals surface area contributed by atoms with Crippen LogP contribution in [0, 0.1) is 0 Å². The second-order valence-corrected chi connectivity index (χ2v) is 5.07. The number of halogens is 4. The van der Waals surface area contributed by atoms with Gasteiger partial charge in [-0.1, -0.05) is 11.6 Å². The van der Waals surface area contributed by atoms with Gasteiger partial charge in [-0.15, -0.1) is 0 Å². The number of benzene rings is 1. The van der Waals surface area contributed by atoms with Crippen molar-refractivity contribution in [2.45, 2.75) is 24.8 Å². The minimum absolute atomic E-state index is 0.00416. The number of hydrogen-bond donors (Lipinski definition) is 1. The largest absolute Gasteiger partial charge is 0.416 e. The molecule has 18 heavy (non-hydrogen) atoms. The Bertz CT molecular complexity index is 489. The lowest BCUT2D eigenvalue weighted by molar-refractivity contribution is -0.139. The summed E-state index contributed by atoms with van der Waals surface area (Å²) in [4.78, 5) is 0. The minimum Gasteiger partial charge on any atom is -0.372 e. The molecule has 98 valence electrons. The number of nitrogens with one attached hydrogen (secondary N) is 1. The zero-order valence-electron chi connectivity index (χ0n) is 9.35. The molecule has 1 aromatic carbocycles. The minimum atomic E-state index is -4.39. The highest BCUT2D eigenvalue weighted by Crippen LogP contribution is 2.42. The highest BCUT2D eigenvalue weighted by Gasteiger charge is 2.41. The predicted octanol–water partition coefficient (Wildman–Crippen LogP) is 2.94. The molecule has 3 rings (SSSR count). The summed E-state index contributed by atoms with van der Waals surface area (Å²) in [6.07, 6.45) is -4.44. The number of rotatable bonds is 0. The summed E-state index contributed by atoms with van der Waals surface area (Å²) >= 11 is 5.82. The first-order valence-corrected chi connectivity index (χ1v) is 6.06. The van der Waals surface area contributed by atoms with Gasteiger partial charge in [0.1, 0.15) is 0 Å². The average molecular weight is 278 g/mol. The van der Waals surface area contributed by atoms with Gasteiger partial charge in [0.15, 0.2) is 0 Å². The van der Waals surface area contributed by atoms with Crippen molar-refractivity contribution in [2.75, 3.05) is 13.1 Å². The number of hydrogen-bond acceptors (Lipinski definition) is 2. The van der Waals surface area contributed by atoms with Gasteiger partial charge in [-0.3, -0.25) is 0 Å². The van der Waals surface area contributed by atoms with Crippen molar-refractivity contribution < 1.29 is 17.9 Å². The Hall–Kier alpha value is -0.780. The van der Waals surface area contributed by atoms with E-state index in [0.717, 1.165) is 6.07 Å². The van der Waals surface area contributed by atoms with Crippen molar-refractivity contribution in [1.82, 2.24) is 5.32 Å². The van der Waals surface area contributed by atoms with E-state index < -0.39 is 11.7 Å². The first-order chi connectivity index (χ1) is 8.47. The van der Waals surface area contributed by atoms with Crippen LogP contribution < -0.4 is 5.32 Å². The Morgan fingerprint density at radius 2 is 2.06 bits per heavy atom. The summed E-state index contributed by atoms with van der Waals surface area (Å²) in [5.41, 5.74) is 0.239. The molecular formula is C12H11ClF3NO. The Morgan fingerprint density at radius 1 is 1.28 bits per heavy atom. The van der Waals surface area contributed by atoms with Crippen molar-refractivity contribution in [1.29, 1.82) is 0 Å². The monoisotopic (exact) mass is 277 g/mol. The Kier molecular flexibility index (Phi) is 2.80.